The van der Waals surface area contributed by atoms with E-state index >= 15 is 0 Å². The molecule has 0 radical (unpaired) electrons. The first-order chi connectivity index (χ1) is 10.0. The van der Waals surface area contributed by atoms with E-state index in [1.807, 2.05) is 43.1 Å². The van der Waals surface area contributed by atoms with E-state index in [0.717, 1.165) is 17.1 Å². The summed E-state index contributed by atoms with van der Waals surface area (Å²) in [6, 6.07) is 9.41. The van der Waals surface area contributed by atoms with Gasteiger partial charge in [0.2, 0.25) is 0 Å². The molecule has 1 aromatic heterocycles. The molecule has 21 heavy (non-hydrogen) atoms. The molecule has 0 aliphatic heterocycles. The van der Waals surface area contributed by atoms with Crippen LogP contribution in [0.4, 0.5) is 11.6 Å². The lowest BCUT2D eigenvalue weighted by Gasteiger charge is -2.21. The molecule has 2 rings (SSSR count). The number of hydrogen-bond donors (Lipinski definition) is 1. The molecule has 0 saturated heterocycles. The molecule has 0 spiro atoms. The van der Waals surface area contributed by atoms with Crippen LogP contribution in [0.1, 0.15) is 12.5 Å². The van der Waals surface area contributed by atoms with Gasteiger partial charge in [-0.1, -0.05) is 53.0 Å². The lowest BCUT2D eigenvalue weighted by molar-refractivity contribution is 0.898. The van der Waals surface area contributed by atoms with Crippen LogP contribution in [0.3, 0.4) is 0 Å². The van der Waals surface area contributed by atoms with Crippen LogP contribution >= 0.6 is 34.8 Å². The van der Waals surface area contributed by atoms with Crippen LogP contribution in [0.5, 0.6) is 0 Å². The number of pyridine rings is 1. The normalized spacial score (nSPS) is 10.5. The second-order valence-corrected chi connectivity index (χ2v) is 5.82. The third kappa shape index (κ3) is 3.94. The number of aromatic nitrogens is 1. The van der Waals surface area contributed by atoms with Crippen LogP contribution in [-0.4, -0.2) is 18.6 Å². The fourth-order valence-corrected chi connectivity index (χ4v) is 2.74. The van der Waals surface area contributed by atoms with E-state index in [1.54, 1.807) is 6.07 Å². The van der Waals surface area contributed by atoms with Gasteiger partial charge in [-0.05, 0) is 24.6 Å². The van der Waals surface area contributed by atoms with Crippen molar-refractivity contribution in [1.82, 2.24) is 4.98 Å². The van der Waals surface area contributed by atoms with Gasteiger partial charge >= 0.3 is 0 Å². The minimum Gasteiger partial charge on any atom is -0.369 e. The molecule has 0 aliphatic rings. The minimum atomic E-state index is 0.510. The Kier molecular flexibility index (Phi) is 5.57. The van der Waals surface area contributed by atoms with E-state index in [9.17, 15) is 0 Å². The Morgan fingerprint density at radius 2 is 1.81 bits per heavy atom. The first-order valence-corrected chi connectivity index (χ1v) is 7.70. The maximum absolute atomic E-state index is 6.25. The van der Waals surface area contributed by atoms with Crippen molar-refractivity contribution in [1.29, 1.82) is 0 Å². The molecule has 0 saturated carbocycles. The molecule has 0 bridgehead atoms. The molecule has 3 nitrogen and oxygen atoms in total. The molecule has 112 valence electrons. The Bertz CT molecular complexity index is 632. The average molecular weight is 345 g/mol. The van der Waals surface area contributed by atoms with Crippen molar-refractivity contribution >= 4 is 46.4 Å². The van der Waals surface area contributed by atoms with E-state index in [1.165, 1.54) is 0 Å². The van der Waals surface area contributed by atoms with Gasteiger partial charge in [-0.2, -0.15) is 0 Å². The summed E-state index contributed by atoms with van der Waals surface area (Å²) in [5.74, 6) is 1.29. The zero-order valence-corrected chi connectivity index (χ0v) is 14.1. The maximum Gasteiger partial charge on any atom is 0.149 e. The summed E-state index contributed by atoms with van der Waals surface area (Å²) in [6.07, 6.45) is 0. The highest BCUT2D eigenvalue weighted by Crippen LogP contribution is 2.32. The van der Waals surface area contributed by atoms with Gasteiger partial charge in [-0.3, -0.25) is 0 Å². The number of anilines is 2. The SMILES string of the molecule is CCNc1nc(N(C)Cc2ccccc2Cl)c(Cl)cc1Cl. The van der Waals surface area contributed by atoms with Gasteiger partial charge in [0.25, 0.3) is 0 Å². The molecule has 0 aliphatic carbocycles. The van der Waals surface area contributed by atoms with Crippen LogP contribution in [0.25, 0.3) is 0 Å². The summed E-state index contributed by atoms with van der Waals surface area (Å²) in [7, 11) is 1.92. The van der Waals surface area contributed by atoms with Crippen molar-refractivity contribution in [2.24, 2.45) is 0 Å². The van der Waals surface area contributed by atoms with Crippen LogP contribution in [-0.2, 0) is 6.54 Å². The van der Waals surface area contributed by atoms with Crippen LogP contribution in [0, 0.1) is 0 Å². The highest BCUT2D eigenvalue weighted by atomic mass is 35.5. The van der Waals surface area contributed by atoms with Crippen LogP contribution in [0.2, 0.25) is 15.1 Å². The molecule has 0 unspecified atom stereocenters. The van der Waals surface area contributed by atoms with Crippen molar-refractivity contribution in [2.45, 2.75) is 13.5 Å². The van der Waals surface area contributed by atoms with E-state index in [4.69, 9.17) is 34.8 Å². The van der Waals surface area contributed by atoms with Crippen LogP contribution in [0.15, 0.2) is 30.3 Å². The Morgan fingerprint density at radius 3 is 2.48 bits per heavy atom. The molecule has 1 aromatic carbocycles. The number of nitrogens with zero attached hydrogens (tertiary/aromatic N) is 2. The second kappa shape index (κ2) is 7.21. The van der Waals surface area contributed by atoms with E-state index < -0.39 is 0 Å². The van der Waals surface area contributed by atoms with Crippen molar-refractivity contribution in [2.75, 3.05) is 23.8 Å². The average Bonchev–Trinajstić information content (AvgIpc) is 2.44. The fourth-order valence-electron chi connectivity index (χ4n) is 1.97. The Hall–Kier alpha value is -1.16. The van der Waals surface area contributed by atoms with Crippen molar-refractivity contribution in [3.63, 3.8) is 0 Å². The number of benzene rings is 1. The quantitative estimate of drug-likeness (QED) is 0.817. The zero-order valence-electron chi connectivity index (χ0n) is 11.8. The Morgan fingerprint density at radius 1 is 1.10 bits per heavy atom. The summed E-state index contributed by atoms with van der Waals surface area (Å²) in [4.78, 5) is 6.44. The highest BCUT2D eigenvalue weighted by molar-refractivity contribution is 6.37. The highest BCUT2D eigenvalue weighted by Gasteiger charge is 2.14. The molecular weight excluding hydrogens is 329 g/mol. The zero-order chi connectivity index (χ0) is 15.4. The van der Waals surface area contributed by atoms with Gasteiger partial charge in [-0.25, -0.2) is 4.98 Å². The second-order valence-electron chi connectivity index (χ2n) is 4.60. The lowest BCUT2D eigenvalue weighted by Crippen LogP contribution is -2.19. The topological polar surface area (TPSA) is 28.2 Å². The number of rotatable bonds is 5. The van der Waals surface area contributed by atoms with Gasteiger partial charge in [-0.15, -0.1) is 0 Å². The molecule has 1 N–H and O–H groups in total. The van der Waals surface area contributed by atoms with Crippen molar-refractivity contribution in [3.05, 3.63) is 51.0 Å². The Labute approximate surface area is 139 Å². The molecule has 2 aromatic rings. The Balaban J connectivity index is 2.28. The fraction of sp³-hybridized carbons (Fsp3) is 0.267. The monoisotopic (exact) mass is 343 g/mol. The predicted octanol–water partition coefficient (Wildman–Crippen LogP) is 5.11. The summed E-state index contributed by atoms with van der Waals surface area (Å²) in [5, 5.41) is 4.86. The van der Waals surface area contributed by atoms with E-state index in [0.29, 0.717) is 28.2 Å². The minimum absolute atomic E-state index is 0.510. The maximum atomic E-state index is 6.25. The largest absolute Gasteiger partial charge is 0.369 e. The molecule has 6 heteroatoms. The van der Waals surface area contributed by atoms with Crippen molar-refractivity contribution in [3.8, 4) is 0 Å². The standard InChI is InChI=1S/C15H16Cl3N3/c1-3-19-14-12(17)8-13(18)15(20-14)21(2)9-10-6-4-5-7-11(10)16/h4-8H,3,9H2,1-2H3,(H,19,20). The van der Waals surface area contributed by atoms with Gasteiger partial charge in [0, 0.05) is 25.2 Å². The number of halogens is 3. The molecule has 0 amide bonds. The predicted molar refractivity (Wildman–Crippen MR) is 92.0 cm³/mol. The molecule has 1 heterocycles. The summed E-state index contributed by atoms with van der Waals surface area (Å²) in [5.41, 5.74) is 1.01. The molecular formula is C15H16Cl3N3. The smallest absolute Gasteiger partial charge is 0.149 e. The van der Waals surface area contributed by atoms with E-state index in [-0.39, 0.29) is 0 Å². The summed E-state index contributed by atoms with van der Waals surface area (Å²) >= 11 is 18.6. The van der Waals surface area contributed by atoms with Crippen molar-refractivity contribution < 1.29 is 0 Å². The third-order valence-electron chi connectivity index (χ3n) is 2.98. The van der Waals surface area contributed by atoms with Crippen LogP contribution < -0.4 is 10.2 Å². The summed E-state index contributed by atoms with van der Waals surface area (Å²) < 4.78 is 0. The van der Waals surface area contributed by atoms with Gasteiger partial charge in [0.05, 0.1) is 10.0 Å². The third-order valence-corrected chi connectivity index (χ3v) is 3.92. The number of hydrogen-bond acceptors (Lipinski definition) is 3. The first-order valence-electron chi connectivity index (χ1n) is 6.57. The van der Waals surface area contributed by atoms with Gasteiger partial charge in [0.15, 0.2) is 0 Å². The summed E-state index contributed by atoms with van der Waals surface area (Å²) in [6.45, 7) is 3.33. The van der Waals surface area contributed by atoms with Gasteiger partial charge < -0.3 is 10.2 Å². The lowest BCUT2D eigenvalue weighted by atomic mass is 10.2. The van der Waals surface area contributed by atoms with Gasteiger partial charge in [0.1, 0.15) is 11.6 Å². The molecule has 0 fully saturated rings. The van der Waals surface area contributed by atoms with E-state index in [2.05, 4.69) is 10.3 Å². The number of nitrogens with one attached hydrogen (secondary N) is 1. The first kappa shape index (κ1) is 16.2. The molecule has 0 atom stereocenters.